The molecule has 0 unspecified atom stereocenters. The van der Waals surface area contributed by atoms with E-state index < -0.39 is 0 Å². The van der Waals surface area contributed by atoms with Crippen LogP contribution in [-0.2, 0) is 6.54 Å². The maximum atomic E-state index is 11.6. The summed E-state index contributed by atoms with van der Waals surface area (Å²) in [6, 6.07) is 11.7. The van der Waals surface area contributed by atoms with E-state index >= 15 is 0 Å². The number of anilines is 1. The molecule has 1 N–H and O–H groups in total. The molecule has 3 rings (SSSR count). The van der Waals surface area contributed by atoms with Gasteiger partial charge in [0.05, 0.1) is 11.3 Å². The molecule has 4 nitrogen and oxygen atoms in total. The van der Waals surface area contributed by atoms with Gasteiger partial charge >= 0.3 is 0 Å². The zero-order valence-corrected chi connectivity index (χ0v) is 15.3. The fourth-order valence-corrected chi connectivity index (χ4v) is 3.98. The number of nitrogens with one attached hydrogen (secondary N) is 1. The summed E-state index contributed by atoms with van der Waals surface area (Å²) in [4.78, 5) is 15.5. The molecule has 1 aromatic heterocycles. The Hall–Kier alpha value is -2.16. The number of carbonyl (C=O) groups is 1. The Bertz CT molecular complexity index is 756. The van der Waals surface area contributed by atoms with Gasteiger partial charge in [-0.2, -0.15) is 5.26 Å². The first kappa shape index (κ1) is 17.7. The average Bonchev–Trinajstić information content (AvgIpc) is 3.14. The number of ketones is 1. The van der Waals surface area contributed by atoms with Gasteiger partial charge in [-0.3, -0.25) is 9.69 Å². The van der Waals surface area contributed by atoms with Gasteiger partial charge in [-0.1, -0.05) is 6.07 Å². The SMILES string of the molecule is CC(=O)c1ccc(C#N)c(NCC2CCN(Cc3cccs3)CC2)c1. The highest BCUT2D eigenvalue weighted by atomic mass is 32.1. The molecule has 0 amide bonds. The largest absolute Gasteiger partial charge is 0.384 e. The second kappa shape index (κ2) is 8.28. The normalized spacial score (nSPS) is 15.7. The second-order valence-electron chi connectivity index (χ2n) is 6.61. The van der Waals surface area contributed by atoms with Crippen molar-refractivity contribution in [1.29, 1.82) is 5.26 Å². The third-order valence-electron chi connectivity index (χ3n) is 4.79. The fourth-order valence-electron chi connectivity index (χ4n) is 3.23. The van der Waals surface area contributed by atoms with E-state index in [0.29, 0.717) is 17.0 Å². The van der Waals surface area contributed by atoms with Crippen molar-refractivity contribution in [3.05, 3.63) is 51.7 Å². The molecule has 0 saturated carbocycles. The molecule has 0 aliphatic carbocycles. The molecule has 1 aliphatic rings. The van der Waals surface area contributed by atoms with E-state index in [1.807, 2.05) is 11.3 Å². The van der Waals surface area contributed by atoms with E-state index in [1.54, 1.807) is 25.1 Å². The van der Waals surface area contributed by atoms with Gasteiger partial charge < -0.3 is 5.32 Å². The first-order chi connectivity index (χ1) is 12.2. The van der Waals surface area contributed by atoms with E-state index in [1.165, 1.54) is 4.88 Å². The molecule has 130 valence electrons. The molecule has 1 fully saturated rings. The van der Waals surface area contributed by atoms with Crippen LogP contribution in [0.3, 0.4) is 0 Å². The minimum absolute atomic E-state index is 0.0226. The fraction of sp³-hybridized carbons (Fsp3) is 0.400. The van der Waals surface area contributed by atoms with Gasteiger partial charge in [-0.15, -0.1) is 11.3 Å². The van der Waals surface area contributed by atoms with Crippen LogP contribution in [-0.4, -0.2) is 30.3 Å². The van der Waals surface area contributed by atoms with Crippen LogP contribution in [0, 0.1) is 17.2 Å². The molecule has 0 bridgehead atoms. The van der Waals surface area contributed by atoms with Crippen LogP contribution >= 0.6 is 11.3 Å². The number of piperidine rings is 1. The Kier molecular flexibility index (Phi) is 5.85. The van der Waals surface area contributed by atoms with Crippen molar-refractivity contribution in [2.24, 2.45) is 5.92 Å². The molecule has 1 saturated heterocycles. The van der Waals surface area contributed by atoms with Crippen molar-refractivity contribution in [2.75, 3.05) is 25.0 Å². The molecule has 0 atom stereocenters. The maximum Gasteiger partial charge on any atom is 0.159 e. The molecule has 2 aromatic rings. The molecular weight excluding hydrogens is 330 g/mol. The quantitative estimate of drug-likeness (QED) is 0.793. The standard InChI is InChI=1S/C20H23N3OS/c1-15(24)17-4-5-18(12-21)20(11-17)22-13-16-6-8-23(9-7-16)14-19-3-2-10-25-19/h2-5,10-11,16,22H,6-9,13-14H2,1H3. The number of hydrogen-bond donors (Lipinski definition) is 1. The topological polar surface area (TPSA) is 56.1 Å². The third-order valence-corrected chi connectivity index (χ3v) is 5.66. The van der Waals surface area contributed by atoms with Gasteiger partial charge in [0.15, 0.2) is 5.78 Å². The summed E-state index contributed by atoms with van der Waals surface area (Å²) in [6.07, 6.45) is 2.32. The Morgan fingerprint density at radius 1 is 1.36 bits per heavy atom. The average molecular weight is 353 g/mol. The number of rotatable bonds is 6. The highest BCUT2D eigenvalue weighted by Crippen LogP contribution is 2.23. The van der Waals surface area contributed by atoms with E-state index in [4.69, 9.17) is 0 Å². The number of hydrogen-bond acceptors (Lipinski definition) is 5. The second-order valence-corrected chi connectivity index (χ2v) is 7.64. The Morgan fingerprint density at radius 3 is 2.80 bits per heavy atom. The third kappa shape index (κ3) is 4.68. The van der Waals surface area contributed by atoms with Crippen molar-refractivity contribution >= 4 is 22.8 Å². The van der Waals surface area contributed by atoms with Gasteiger partial charge in [0, 0.05) is 23.5 Å². The van der Waals surface area contributed by atoms with E-state index in [-0.39, 0.29) is 5.78 Å². The summed E-state index contributed by atoms with van der Waals surface area (Å²) < 4.78 is 0. The molecule has 2 heterocycles. The summed E-state index contributed by atoms with van der Waals surface area (Å²) in [5, 5.41) is 14.8. The zero-order valence-electron chi connectivity index (χ0n) is 14.5. The van der Waals surface area contributed by atoms with Crippen LogP contribution in [0.5, 0.6) is 0 Å². The van der Waals surface area contributed by atoms with Gasteiger partial charge in [0.2, 0.25) is 0 Å². The number of carbonyl (C=O) groups excluding carboxylic acids is 1. The predicted molar refractivity (Wildman–Crippen MR) is 102 cm³/mol. The van der Waals surface area contributed by atoms with Crippen LogP contribution < -0.4 is 5.32 Å². The summed E-state index contributed by atoms with van der Waals surface area (Å²) in [6.45, 7) is 5.68. The highest BCUT2D eigenvalue weighted by molar-refractivity contribution is 7.09. The molecule has 0 spiro atoms. The van der Waals surface area contributed by atoms with Crippen LogP contribution in [0.25, 0.3) is 0 Å². The van der Waals surface area contributed by atoms with Crippen molar-refractivity contribution in [1.82, 2.24) is 4.90 Å². The Balaban J connectivity index is 1.52. The smallest absolute Gasteiger partial charge is 0.159 e. The summed E-state index contributed by atoms with van der Waals surface area (Å²) in [5.41, 5.74) is 2.02. The number of nitriles is 1. The predicted octanol–water partition coefficient (Wildman–Crippen LogP) is 4.15. The van der Waals surface area contributed by atoms with Crippen LogP contribution in [0.1, 0.15) is 40.6 Å². The summed E-state index contributed by atoms with van der Waals surface area (Å²) >= 11 is 1.82. The maximum absolute atomic E-state index is 11.6. The number of Topliss-reactive ketones (excluding diaryl/α,β-unsaturated/α-hetero) is 1. The molecule has 1 aliphatic heterocycles. The van der Waals surface area contributed by atoms with E-state index in [0.717, 1.165) is 44.7 Å². The highest BCUT2D eigenvalue weighted by Gasteiger charge is 2.19. The lowest BCUT2D eigenvalue weighted by Crippen LogP contribution is -2.35. The summed E-state index contributed by atoms with van der Waals surface area (Å²) in [7, 11) is 0. The number of likely N-dealkylation sites (tertiary alicyclic amines) is 1. The monoisotopic (exact) mass is 353 g/mol. The Morgan fingerprint density at radius 2 is 2.16 bits per heavy atom. The van der Waals surface area contributed by atoms with E-state index in [9.17, 15) is 10.1 Å². The molecule has 25 heavy (non-hydrogen) atoms. The van der Waals surface area contributed by atoms with Gasteiger partial charge in [0.1, 0.15) is 6.07 Å². The zero-order chi connectivity index (χ0) is 17.6. The van der Waals surface area contributed by atoms with Crippen molar-refractivity contribution < 1.29 is 4.79 Å². The number of thiophene rings is 1. The van der Waals surface area contributed by atoms with Crippen LogP contribution in [0.15, 0.2) is 35.7 Å². The van der Waals surface area contributed by atoms with Gasteiger partial charge in [0.25, 0.3) is 0 Å². The first-order valence-corrected chi connectivity index (χ1v) is 9.57. The molecular formula is C20H23N3OS. The lowest BCUT2D eigenvalue weighted by Gasteiger charge is -2.32. The van der Waals surface area contributed by atoms with Crippen LogP contribution in [0.4, 0.5) is 5.69 Å². The summed E-state index contributed by atoms with van der Waals surface area (Å²) in [5.74, 6) is 0.626. The Labute approximate surface area is 153 Å². The minimum atomic E-state index is 0.0226. The van der Waals surface area contributed by atoms with Gasteiger partial charge in [-0.25, -0.2) is 0 Å². The van der Waals surface area contributed by atoms with Crippen molar-refractivity contribution in [3.8, 4) is 6.07 Å². The van der Waals surface area contributed by atoms with E-state index in [2.05, 4.69) is 33.8 Å². The number of benzene rings is 1. The van der Waals surface area contributed by atoms with Crippen molar-refractivity contribution in [3.63, 3.8) is 0 Å². The van der Waals surface area contributed by atoms with Gasteiger partial charge in [-0.05, 0) is 68.4 Å². The molecule has 1 aromatic carbocycles. The lowest BCUT2D eigenvalue weighted by atomic mass is 9.96. The molecule has 0 radical (unpaired) electrons. The lowest BCUT2D eigenvalue weighted by molar-refractivity contribution is 0.101. The van der Waals surface area contributed by atoms with Crippen LogP contribution in [0.2, 0.25) is 0 Å². The number of nitrogens with zero attached hydrogens (tertiary/aromatic N) is 2. The van der Waals surface area contributed by atoms with Crippen molar-refractivity contribution in [2.45, 2.75) is 26.3 Å². The minimum Gasteiger partial charge on any atom is -0.384 e. The molecule has 5 heteroatoms. The first-order valence-electron chi connectivity index (χ1n) is 8.69.